The summed E-state index contributed by atoms with van der Waals surface area (Å²) in [5, 5.41) is 14.6. The Kier molecular flexibility index (Phi) is 12.3. The van der Waals surface area contributed by atoms with Gasteiger partial charge in [-0.25, -0.2) is 9.59 Å². The zero-order valence-electron chi connectivity index (χ0n) is 21.3. The first-order valence-corrected chi connectivity index (χ1v) is 12.1. The maximum atomic E-state index is 13.3. The number of carboxylic acids is 1. The monoisotopic (exact) mass is 528 g/mol. The Labute approximate surface area is 220 Å². The highest BCUT2D eigenvalue weighted by molar-refractivity contribution is 5.93. The zero-order valence-corrected chi connectivity index (χ0v) is 21.3. The molecule has 0 unspecified atom stereocenters. The molecule has 2 rings (SSSR count). The Morgan fingerprint density at radius 3 is 1.92 bits per heavy atom. The predicted molar refractivity (Wildman–Crippen MR) is 135 cm³/mol. The molecule has 0 radical (unpaired) electrons. The van der Waals surface area contributed by atoms with Crippen molar-refractivity contribution >= 4 is 29.9 Å². The van der Waals surface area contributed by atoms with Crippen molar-refractivity contribution in [1.29, 1.82) is 0 Å². The van der Waals surface area contributed by atoms with Gasteiger partial charge in [-0.1, -0.05) is 60.7 Å². The molecule has 0 saturated heterocycles. The van der Waals surface area contributed by atoms with Crippen LogP contribution >= 0.6 is 0 Å². The van der Waals surface area contributed by atoms with Gasteiger partial charge in [0.05, 0.1) is 25.6 Å². The number of benzene rings is 2. The number of ether oxygens (including phenoxy) is 3. The summed E-state index contributed by atoms with van der Waals surface area (Å²) in [6.07, 6.45) is -1.52. The predicted octanol–water partition coefficient (Wildman–Crippen LogP) is 2.23. The number of hydrogen-bond acceptors (Lipinski definition) is 8. The summed E-state index contributed by atoms with van der Waals surface area (Å²) >= 11 is 0. The summed E-state index contributed by atoms with van der Waals surface area (Å²) < 4.78 is 15.0. The standard InChI is InChI=1S/C27H32N2O9/c1-3-36-22(30)16-20(26(34)37-4-2)23(25(32)33)29-24(31)21(15-18-11-7-5-8-12-18)28-27(35)38-17-19-13-9-6-10-14-19/h5-14,20-21,23H,3-4,15-17H2,1-2H3,(H,28,35)(H,29,31)(H,32,33)/t20-,21+,23+/m1/s1. The number of carboxylic acid groups (broad SMARTS) is 1. The third kappa shape index (κ3) is 9.92. The summed E-state index contributed by atoms with van der Waals surface area (Å²) in [5.74, 6) is -5.82. The van der Waals surface area contributed by atoms with E-state index in [1.54, 1.807) is 61.5 Å². The van der Waals surface area contributed by atoms with Crippen LogP contribution in [0.2, 0.25) is 0 Å². The molecule has 11 nitrogen and oxygen atoms in total. The third-order valence-electron chi connectivity index (χ3n) is 5.35. The average Bonchev–Trinajstić information content (AvgIpc) is 2.90. The van der Waals surface area contributed by atoms with E-state index in [-0.39, 0.29) is 26.2 Å². The van der Waals surface area contributed by atoms with Gasteiger partial charge in [-0.15, -0.1) is 0 Å². The fraction of sp³-hybridized carbons (Fsp3) is 0.370. The molecule has 3 N–H and O–H groups in total. The van der Waals surface area contributed by atoms with Crippen LogP contribution in [0.4, 0.5) is 4.79 Å². The van der Waals surface area contributed by atoms with Crippen molar-refractivity contribution in [3.8, 4) is 0 Å². The topological polar surface area (TPSA) is 157 Å². The van der Waals surface area contributed by atoms with Gasteiger partial charge < -0.3 is 30.0 Å². The normalized spacial score (nSPS) is 12.8. The van der Waals surface area contributed by atoms with Crippen molar-refractivity contribution in [2.45, 2.75) is 45.4 Å². The molecular weight excluding hydrogens is 496 g/mol. The number of esters is 2. The van der Waals surface area contributed by atoms with E-state index < -0.39 is 54.3 Å². The first kappa shape index (κ1) is 29.8. The number of amides is 2. The molecular formula is C27H32N2O9. The average molecular weight is 529 g/mol. The molecule has 0 heterocycles. The van der Waals surface area contributed by atoms with Crippen LogP contribution in [0.1, 0.15) is 31.4 Å². The highest BCUT2D eigenvalue weighted by Crippen LogP contribution is 2.15. The minimum absolute atomic E-state index is 0.00139. The lowest BCUT2D eigenvalue weighted by atomic mass is 9.95. The van der Waals surface area contributed by atoms with Crippen LogP contribution in [0, 0.1) is 5.92 Å². The highest BCUT2D eigenvalue weighted by atomic mass is 16.6. The SMILES string of the molecule is CCOC(=O)C[C@@H](C(=O)OCC)[C@H](NC(=O)[C@H](Cc1ccccc1)NC(=O)OCc1ccccc1)C(=O)O. The van der Waals surface area contributed by atoms with E-state index in [1.807, 2.05) is 6.07 Å². The van der Waals surface area contributed by atoms with Gasteiger partial charge in [-0.2, -0.15) is 0 Å². The maximum Gasteiger partial charge on any atom is 0.408 e. The summed E-state index contributed by atoms with van der Waals surface area (Å²) in [7, 11) is 0. The minimum atomic E-state index is -1.83. The number of aliphatic carboxylic acids is 1. The molecule has 0 bridgehead atoms. The number of carbonyl (C=O) groups excluding carboxylic acids is 4. The molecule has 2 aromatic carbocycles. The molecule has 0 aliphatic rings. The van der Waals surface area contributed by atoms with Crippen molar-refractivity contribution in [1.82, 2.24) is 10.6 Å². The molecule has 204 valence electrons. The largest absolute Gasteiger partial charge is 0.480 e. The second-order valence-corrected chi connectivity index (χ2v) is 8.14. The van der Waals surface area contributed by atoms with Gasteiger partial charge in [-0.05, 0) is 25.0 Å². The first-order chi connectivity index (χ1) is 18.2. The van der Waals surface area contributed by atoms with Gasteiger partial charge in [0.2, 0.25) is 5.91 Å². The van der Waals surface area contributed by atoms with E-state index in [4.69, 9.17) is 14.2 Å². The van der Waals surface area contributed by atoms with Crippen molar-refractivity contribution < 1.29 is 43.3 Å². The Morgan fingerprint density at radius 2 is 1.37 bits per heavy atom. The fourth-order valence-corrected chi connectivity index (χ4v) is 3.54. The Hall–Kier alpha value is -4.41. The molecule has 11 heteroatoms. The summed E-state index contributed by atoms with van der Waals surface area (Å²) in [4.78, 5) is 62.5. The Morgan fingerprint density at radius 1 is 0.789 bits per heavy atom. The van der Waals surface area contributed by atoms with Gasteiger partial charge in [0.1, 0.15) is 18.7 Å². The number of nitrogens with one attached hydrogen (secondary N) is 2. The summed E-state index contributed by atoms with van der Waals surface area (Å²) in [5.41, 5.74) is 1.41. The first-order valence-electron chi connectivity index (χ1n) is 12.1. The smallest absolute Gasteiger partial charge is 0.408 e. The molecule has 2 amide bonds. The van der Waals surface area contributed by atoms with E-state index in [1.165, 1.54) is 6.92 Å². The van der Waals surface area contributed by atoms with Crippen LogP contribution < -0.4 is 10.6 Å². The van der Waals surface area contributed by atoms with E-state index in [9.17, 15) is 29.1 Å². The second kappa shape index (κ2) is 15.6. The molecule has 0 aliphatic heterocycles. The van der Waals surface area contributed by atoms with Gasteiger partial charge >= 0.3 is 24.0 Å². The van der Waals surface area contributed by atoms with Gasteiger partial charge in [0.15, 0.2) is 0 Å². The van der Waals surface area contributed by atoms with Gasteiger partial charge in [-0.3, -0.25) is 14.4 Å². The van der Waals surface area contributed by atoms with E-state index >= 15 is 0 Å². The van der Waals surface area contributed by atoms with Crippen molar-refractivity contribution in [3.05, 3.63) is 71.8 Å². The van der Waals surface area contributed by atoms with Gasteiger partial charge in [0.25, 0.3) is 0 Å². The van der Waals surface area contributed by atoms with Crippen LogP contribution in [-0.4, -0.2) is 60.3 Å². The van der Waals surface area contributed by atoms with Crippen LogP contribution in [0.3, 0.4) is 0 Å². The van der Waals surface area contributed by atoms with Crippen LogP contribution in [-0.2, 0) is 46.4 Å². The van der Waals surface area contributed by atoms with Crippen LogP contribution in [0.15, 0.2) is 60.7 Å². The molecule has 0 aliphatic carbocycles. The Bertz CT molecular complexity index is 1080. The zero-order chi connectivity index (χ0) is 27.9. The van der Waals surface area contributed by atoms with Crippen LogP contribution in [0.5, 0.6) is 0 Å². The van der Waals surface area contributed by atoms with E-state index in [0.717, 1.165) is 5.56 Å². The summed E-state index contributed by atoms with van der Waals surface area (Å²) in [6, 6.07) is 14.5. The number of carbonyl (C=O) groups is 5. The lowest BCUT2D eigenvalue weighted by Crippen LogP contribution is -2.56. The maximum absolute atomic E-state index is 13.3. The summed E-state index contributed by atoms with van der Waals surface area (Å²) in [6.45, 7) is 2.99. The molecule has 38 heavy (non-hydrogen) atoms. The quantitative estimate of drug-likeness (QED) is 0.247. The second-order valence-electron chi connectivity index (χ2n) is 8.14. The molecule has 0 saturated carbocycles. The van der Waals surface area contributed by atoms with Gasteiger partial charge in [0, 0.05) is 6.42 Å². The third-order valence-corrected chi connectivity index (χ3v) is 5.35. The number of alkyl carbamates (subject to hydrolysis) is 1. The number of hydrogen-bond donors (Lipinski definition) is 3. The minimum Gasteiger partial charge on any atom is -0.480 e. The van der Waals surface area contributed by atoms with E-state index in [2.05, 4.69) is 10.6 Å². The highest BCUT2D eigenvalue weighted by Gasteiger charge is 2.39. The molecule has 0 fully saturated rings. The van der Waals surface area contributed by atoms with E-state index in [0.29, 0.717) is 5.56 Å². The lowest BCUT2D eigenvalue weighted by molar-refractivity contribution is -0.160. The van der Waals surface area contributed by atoms with Crippen molar-refractivity contribution in [2.75, 3.05) is 13.2 Å². The Balaban J connectivity index is 2.23. The van der Waals surface area contributed by atoms with Crippen molar-refractivity contribution in [2.24, 2.45) is 5.92 Å². The lowest BCUT2D eigenvalue weighted by Gasteiger charge is -2.25. The molecule has 0 spiro atoms. The number of rotatable bonds is 14. The molecule has 2 aromatic rings. The molecule has 0 aromatic heterocycles. The van der Waals surface area contributed by atoms with Crippen LogP contribution in [0.25, 0.3) is 0 Å². The molecule has 3 atom stereocenters. The fourth-order valence-electron chi connectivity index (χ4n) is 3.54. The van der Waals surface area contributed by atoms with Crippen molar-refractivity contribution in [3.63, 3.8) is 0 Å².